The van der Waals surface area contributed by atoms with Gasteiger partial charge < -0.3 is 10.1 Å². The summed E-state index contributed by atoms with van der Waals surface area (Å²) < 4.78 is 0. The van der Waals surface area contributed by atoms with E-state index in [1.54, 1.807) is 0 Å². The lowest BCUT2D eigenvalue weighted by atomic mass is 10.4. The van der Waals surface area contributed by atoms with Crippen molar-refractivity contribution in [2.24, 2.45) is 4.99 Å². The molecular weight excluding hydrogens is 198 g/mol. The highest BCUT2D eigenvalue weighted by atomic mass is 35.5. The number of rotatable bonds is 2. The monoisotopic (exact) mass is 199 g/mol. The Balaban J connectivity index is 3.34. The van der Waals surface area contributed by atoms with Crippen LogP contribution in [0.2, 0.25) is 5.02 Å². The number of nitro groups is 1. The molecule has 0 aromatic carbocycles. The average molecular weight is 200 g/mol. The van der Waals surface area contributed by atoms with Gasteiger partial charge in [0.2, 0.25) is 6.08 Å². The molecule has 0 bridgehead atoms. The molecule has 13 heavy (non-hydrogen) atoms. The minimum atomic E-state index is -0.758. The molecule has 0 saturated carbocycles. The molecule has 7 heteroatoms. The normalized spacial score (nSPS) is 9.00. The summed E-state index contributed by atoms with van der Waals surface area (Å²) in [4.78, 5) is 26.0. The van der Waals surface area contributed by atoms with Gasteiger partial charge in [0, 0.05) is 6.07 Å². The predicted octanol–water partition coefficient (Wildman–Crippen LogP) is 1.61. The van der Waals surface area contributed by atoms with Crippen molar-refractivity contribution in [2.45, 2.75) is 0 Å². The number of aromatic nitrogens is 1. The van der Waals surface area contributed by atoms with E-state index in [0.717, 1.165) is 6.20 Å². The van der Waals surface area contributed by atoms with E-state index < -0.39 is 10.7 Å². The van der Waals surface area contributed by atoms with Crippen LogP contribution in [0.4, 0.5) is 11.5 Å². The van der Waals surface area contributed by atoms with Crippen LogP contribution in [0.5, 0.6) is 0 Å². The van der Waals surface area contributed by atoms with Gasteiger partial charge in [0.25, 0.3) is 0 Å². The molecule has 1 aromatic heterocycles. The molecule has 0 aliphatic heterocycles. The third kappa shape index (κ3) is 1.87. The highest BCUT2D eigenvalue weighted by Crippen LogP contribution is 2.30. The van der Waals surface area contributed by atoms with Crippen LogP contribution in [0, 0.1) is 10.1 Å². The third-order valence-electron chi connectivity index (χ3n) is 1.19. The highest BCUT2D eigenvalue weighted by Gasteiger charge is 2.16. The van der Waals surface area contributed by atoms with Gasteiger partial charge in [0.05, 0.1) is 0 Å². The SMILES string of the molecule is O=C=Nc1ccnc([N+](=O)[O-])c1Cl. The molecule has 0 unspecified atom stereocenters. The van der Waals surface area contributed by atoms with Crippen LogP contribution < -0.4 is 0 Å². The summed E-state index contributed by atoms with van der Waals surface area (Å²) in [5.41, 5.74) is -0.0154. The highest BCUT2D eigenvalue weighted by molar-refractivity contribution is 6.34. The van der Waals surface area contributed by atoms with Gasteiger partial charge >= 0.3 is 5.82 Å². The number of pyridine rings is 1. The molecule has 0 N–H and O–H groups in total. The average Bonchev–Trinajstić information content (AvgIpc) is 2.08. The Kier molecular flexibility index (Phi) is 2.69. The molecule has 66 valence electrons. The maximum atomic E-state index is 10.3. The van der Waals surface area contributed by atoms with Gasteiger partial charge in [-0.1, -0.05) is 11.6 Å². The Hall–Kier alpha value is -1.78. The van der Waals surface area contributed by atoms with Crippen LogP contribution in [-0.4, -0.2) is 16.0 Å². The van der Waals surface area contributed by atoms with E-state index in [2.05, 4.69) is 9.98 Å². The minimum Gasteiger partial charge on any atom is -0.358 e. The van der Waals surface area contributed by atoms with E-state index >= 15 is 0 Å². The molecule has 0 spiro atoms. The first-order valence-corrected chi connectivity index (χ1v) is 3.41. The molecular formula is C6H2ClN3O3. The fraction of sp³-hybridized carbons (Fsp3) is 0. The van der Waals surface area contributed by atoms with Gasteiger partial charge in [-0.15, -0.1) is 0 Å². The molecule has 0 atom stereocenters. The summed E-state index contributed by atoms with van der Waals surface area (Å²) in [5.74, 6) is -0.529. The lowest BCUT2D eigenvalue weighted by Crippen LogP contribution is -1.92. The Morgan fingerprint density at radius 3 is 2.92 bits per heavy atom. The summed E-state index contributed by atoms with van der Waals surface area (Å²) in [7, 11) is 0. The Bertz CT molecular complexity index is 380. The van der Waals surface area contributed by atoms with Crippen molar-refractivity contribution in [3.05, 3.63) is 27.4 Å². The van der Waals surface area contributed by atoms with Crippen molar-refractivity contribution in [1.82, 2.24) is 4.98 Å². The molecule has 0 aliphatic rings. The summed E-state index contributed by atoms with van der Waals surface area (Å²) in [6, 6.07) is 1.28. The minimum absolute atomic E-state index is 0.0154. The van der Waals surface area contributed by atoms with Crippen molar-refractivity contribution in [3.8, 4) is 0 Å². The topological polar surface area (TPSA) is 85.5 Å². The summed E-state index contributed by atoms with van der Waals surface area (Å²) in [6.07, 6.45) is 2.37. The molecule has 1 aromatic rings. The van der Waals surface area contributed by atoms with Crippen LogP contribution in [0.25, 0.3) is 0 Å². The molecule has 0 amide bonds. The first kappa shape index (κ1) is 9.31. The summed E-state index contributed by atoms with van der Waals surface area (Å²) in [6.45, 7) is 0. The zero-order chi connectivity index (χ0) is 9.84. The molecule has 0 radical (unpaired) electrons. The number of aliphatic imine (C=N–C) groups is 1. The molecule has 1 heterocycles. The second kappa shape index (κ2) is 3.75. The predicted molar refractivity (Wildman–Crippen MR) is 43.7 cm³/mol. The van der Waals surface area contributed by atoms with Crippen molar-refractivity contribution in [1.29, 1.82) is 0 Å². The fourth-order valence-corrected chi connectivity index (χ4v) is 0.909. The van der Waals surface area contributed by atoms with Gasteiger partial charge in [-0.05, 0) is 9.91 Å². The van der Waals surface area contributed by atoms with E-state index in [-0.39, 0.29) is 10.7 Å². The lowest BCUT2D eigenvalue weighted by Gasteiger charge is -1.95. The van der Waals surface area contributed by atoms with Crippen molar-refractivity contribution in [3.63, 3.8) is 0 Å². The van der Waals surface area contributed by atoms with E-state index in [0.29, 0.717) is 0 Å². The fourth-order valence-electron chi connectivity index (χ4n) is 0.686. The zero-order valence-electron chi connectivity index (χ0n) is 6.10. The third-order valence-corrected chi connectivity index (χ3v) is 1.55. The van der Waals surface area contributed by atoms with Gasteiger partial charge in [-0.3, -0.25) is 0 Å². The second-order valence-corrected chi connectivity index (χ2v) is 2.31. The van der Waals surface area contributed by atoms with Gasteiger partial charge in [0.15, 0.2) is 5.02 Å². The quantitative estimate of drug-likeness (QED) is 0.313. The van der Waals surface area contributed by atoms with Crippen molar-refractivity contribution in [2.75, 3.05) is 0 Å². The number of hydrogen-bond donors (Lipinski definition) is 0. The number of halogens is 1. The van der Waals surface area contributed by atoms with Crippen molar-refractivity contribution < 1.29 is 9.72 Å². The smallest absolute Gasteiger partial charge is 0.358 e. The zero-order valence-corrected chi connectivity index (χ0v) is 6.85. The van der Waals surface area contributed by atoms with Crippen LogP contribution in [0.3, 0.4) is 0 Å². The van der Waals surface area contributed by atoms with Gasteiger partial charge in [-0.2, -0.15) is 4.99 Å². The molecule has 1 rings (SSSR count). The van der Waals surface area contributed by atoms with Crippen LogP contribution in [0.15, 0.2) is 17.3 Å². The molecule has 6 nitrogen and oxygen atoms in total. The first-order chi connectivity index (χ1) is 6.16. The Morgan fingerprint density at radius 2 is 2.38 bits per heavy atom. The summed E-state index contributed by atoms with van der Waals surface area (Å²) >= 11 is 5.51. The molecule has 0 fully saturated rings. The van der Waals surface area contributed by atoms with E-state index in [1.165, 1.54) is 12.1 Å². The van der Waals surface area contributed by atoms with E-state index in [1.807, 2.05) is 0 Å². The number of isocyanates is 1. The van der Waals surface area contributed by atoms with Gasteiger partial charge in [-0.25, -0.2) is 4.79 Å². The number of carbonyl (C=O) groups excluding carboxylic acids is 1. The second-order valence-electron chi connectivity index (χ2n) is 1.93. The van der Waals surface area contributed by atoms with E-state index in [9.17, 15) is 14.9 Å². The van der Waals surface area contributed by atoms with E-state index in [4.69, 9.17) is 11.6 Å². The maximum absolute atomic E-state index is 10.3. The Labute approximate surface area is 77.0 Å². The maximum Gasteiger partial charge on any atom is 0.384 e. The molecule has 0 aliphatic carbocycles. The number of hydrogen-bond acceptors (Lipinski definition) is 5. The molecule has 0 saturated heterocycles. The van der Waals surface area contributed by atoms with Gasteiger partial charge in [0.1, 0.15) is 11.9 Å². The van der Waals surface area contributed by atoms with Crippen LogP contribution in [0.1, 0.15) is 0 Å². The van der Waals surface area contributed by atoms with Crippen molar-refractivity contribution >= 4 is 29.2 Å². The van der Waals surface area contributed by atoms with Crippen LogP contribution >= 0.6 is 11.6 Å². The largest absolute Gasteiger partial charge is 0.384 e. The standard InChI is InChI=1S/C6H2ClN3O3/c7-5-4(9-3-11)1-2-8-6(5)10(12)13/h1-2H. The Morgan fingerprint density at radius 1 is 1.69 bits per heavy atom. The summed E-state index contributed by atoms with van der Waals surface area (Å²) in [5, 5.41) is 10.0. The first-order valence-electron chi connectivity index (χ1n) is 3.03. The lowest BCUT2D eigenvalue weighted by molar-refractivity contribution is -0.389. The number of nitrogens with zero attached hydrogens (tertiary/aromatic N) is 3. The van der Waals surface area contributed by atoms with Crippen LogP contribution in [-0.2, 0) is 4.79 Å².